The molecular weight excluding hydrogens is 274 g/mol. The minimum atomic E-state index is 0.544. The van der Waals surface area contributed by atoms with Crippen LogP contribution in [0.1, 0.15) is 11.5 Å². The smallest absolute Gasteiger partial charge is 0.215 e. The molecule has 0 saturated heterocycles. The molecule has 3 aromatic heterocycles. The molecule has 0 aliphatic rings. The van der Waals surface area contributed by atoms with E-state index in [1.54, 1.807) is 19.4 Å². The van der Waals surface area contributed by atoms with Gasteiger partial charge in [0.2, 0.25) is 5.88 Å². The van der Waals surface area contributed by atoms with Crippen LogP contribution in [0.5, 0.6) is 5.88 Å². The van der Waals surface area contributed by atoms with Crippen LogP contribution in [0.3, 0.4) is 0 Å². The lowest BCUT2D eigenvalue weighted by molar-refractivity contribution is 0.399. The summed E-state index contributed by atoms with van der Waals surface area (Å²) >= 11 is 5.35. The van der Waals surface area contributed by atoms with Gasteiger partial charge in [-0.2, -0.15) is 4.98 Å². The molecule has 6 nitrogen and oxygen atoms in total. The van der Waals surface area contributed by atoms with E-state index in [-0.39, 0.29) is 0 Å². The largest absolute Gasteiger partial charge is 0.481 e. The van der Waals surface area contributed by atoms with Gasteiger partial charge in [0.25, 0.3) is 0 Å². The van der Waals surface area contributed by atoms with Crippen LogP contribution in [0.15, 0.2) is 24.4 Å². The maximum Gasteiger partial charge on any atom is 0.215 e. The van der Waals surface area contributed by atoms with Gasteiger partial charge in [0.15, 0.2) is 10.4 Å². The van der Waals surface area contributed by atoms with Gasteiger partial charge in [-0.3, -0.25) is 4.57 Å². The zero-order valence-electron chi connectivity index (χ0n) is 11.1. The van der Waals surface area contributed by atoms with Gasteiger partial charge in [0.05, 0.1) is 24.9 Å². The third kappa shape index (κ3) is 2.27. The number of aryl methyl sites for hydroxylation is 1. The molecule has 0 spiro atoms. The molecule has 20 heavy (non-hydrogen) atoms. The average molecular weight is 287 g/mol. The van der Waals surface area contributed by atoms with Crippen LogP contribution in [0, 0.1) is 11.7 Å². The number of hydrogen-bond donors (Lipinski definition) is 1. The van der Waals surface area contributed by atoms with Crippen molar-refractivity contribution in [3.63, 3.8) is 0 Å². The van der Waals surface area contributed by atoms with Crippen LogP contribution < -0.4 is 4.74 Å². The van der Waals surface area contributed by atoms with E-state index in [0.29, 0.717) is 17.2 Å². The highest BCUT2D eigenvalue weighted by molar-refractivity contribution is 7.71. The van der Waals surface area contributed by atoms with Gasteiger partial charge in [0, 0.05) is 12.3 Å². The SMILES string of the molecule is COc1ccc2[nH]c(=S)n(Cc3ccnc(C)n3)c2n1. The first-order valence-electron chi connectivity index (χ1n) is 6.09. The minimum absolute atomic E-state index is 0.544. The second-order valence-corrected chi connectivity index (χ2v) is 4.72. The monoisotopic (exact) mass is 287 g/mol. The first-order chi connectivity index (χ1) is 9.67. The van der Waals surface area contributed by atoms with E-state index in [1.165, 1.54) is 0 Å². The van der Waals surface area contributed by atoms with Crippen molar-refractivity contribution in [3.05, 3.63) is 40.7 Å². The van der Waals surface area contributed by atoms with Crippen molar-refractivity contribution in [3.8, 4) is 5.88 Å². The standard InChI is InChI=1S/C13H13N5OS/c1-8-14-6-5-9(15-8)7-18-12-10(16-13(18)20)3-4-11(17-12)19-2/h3-6H,7H2,1-2H3,(H,16,20). The molecule has 7 heteroatoms. The summed E-state index contributed by atoms with van der Waals surface area (Å²) in [6, 6.07) is 5.57. The maximum absolute atomic E-state index is 5.35. The van der Waals surface area contributed by atoms with Gasteiger partial charge in [-0.25, -0.2) is 9.97 Å². The van der Waals surface area contributed by atoms with E-state index >= 15 is 0 Å². The topological polar surface area (TPSA) is 68.6 Å². The summed E-state index contributed by atoms with van der Waals surface area (Å²) in [5, 5.41) is 0. The molecule has 3 aromatic rings. The van der Waals surface area contributed by atoms with Crippen molar-refractivity contribution in [2.45, 2.75) is 13.5 Å². The Morgan fingerprint density at radius 2 is 2.15 bits per heavy atom. The number of rotatable bonds is 3. The summed E-state index contributed by atoms with van der Waals surface area (Å²) in [6.45, 7) is 2.40. The maximum atomic E-state index is 5.35. The molecule has 0 atom stereocenters. The molecule has 0 amide bonds. The molecule has 0 unspecified atom stereocenters. The molecular formula is C13H13N5OS. The third-order valence-electron chi connectivity index (χ3n) is 2.95. The number of hydrogen-bond acceptors (Lipinski definition) is 5. The first-order valence-corrected chi connectivity index (χ1v) is 6.50. The number of imidazole rings is 1. The molecule has 0 bridgehead atoms. The number of pyridine rings is 1. The molecule has 0 aromatic carbocycles. The van der Waals surface area contributed by atoms with Gasteiger partial charge in [-0.1, -0.05) is 0 Å². The van der Waals surface area contributed by atoms with Crippen LogP contribution in [-0.4, -0.2) is 31.6 Å². The molecule has 3 heterocycles. The molecule has 0 aliphatic carbocycles. The van der Waals surface area contributed by atoms with Gasteiger partial charge in [0.1, 0.15) is 5.82 Å². The Kier molecular flexibility index (Phi) is 3.19. The Hall–Kier alpha value is -2.28. The molecule has 102 valence electrons. The number of methoxy groups -OCH3 is 1. The van der Waals surface area contributed by atoms with Gasteiger partial charge < -0.3 is 9.72 Å². The number of fused-ring (bicyclic) bond motifs is 1. The van der Waals surface area contributed by atoms with E-state index in [9.17, 15) is 0 Å². The predicted octanol–water partition coefficient (Wildman–Crippen LogP) is 2.25. The van der Waals surface area contributed by atoms with Crippen LogP contribution in [-0.2, 0) is 6.54 Å². The number of aromatic nitrogens is 5. The quantitative estimate of drug-likeness (QED) is 0.748. The summed E-state index contributed by atoms with van der Waals surface area (Å²) in [5.41, 5.74) is 2.52. The fraction of sp³-hybridized carbons (Fsp3) is 0.231. The Bertz CT molecular complexity index is 823. The van der Waals surface area contributed by atoms with E-state index in [1.807, 2.05) is 23.6 Å². The summed E-state index contributed by atoms with van der Waals surface area (Å²) < 4.78 is 7.66. The van der Waals surface area contributed by atoms with Crippen LogP contribution >= 0.6 is 12.2 Å². The third-order valence-corrected chi connectivity index (χ3v) is 3.28. The summed E-state index contributed by atoms with van der Waals surface area (Å²) in [6.07, 6.45) is 1.74. The summed E-state index contributed by atoms with van der Waals surface area (Å²) in [7, 11) is 1.59. The lowest BCUT2D eigenvalue weighted by atomic mass is 10.4. The first kappa shape index (κ1) is 12.7. The second-order valence-electron chi connectivity index (χ2n) is 4.34. The molecule has 1 N–H and O–H groups in total. The summed E-state index contributed by atoms with van der Waals surface area (Å²) in [4.78, 5) is 16.0. The summed E-state index contributed by atoms with van der Waals surface area (Å²) in [5.74, 6) is 1.29. The Labute approximate surface area is 120 Å². The number of aromatic amines is 1. The van der Waals surface area contributed by atoms with Crippen molar-refractivity contribution < 1.29 is 4.74 Å². The van der Waals surface area contributed by atoms with E-state index in [2.05, 4.69) is 19.9 Å². The van der Waals surface area contributed by atoms with Crippen molar-refractivity contribution in [2.24, 2.45) is 0 Å². The highest BCUT2D eigenvalue weighted by Gasteiger charge is 2.08. The van der Waals surface area contributed by atoms with Gasteiger partial charge >= 0.3 is 0 Å². The molecule has 0 radical (unpaired) electrons. The number of ether oxygens (including phenoxy) is 1. The normalized spacial score (nSPS) is 10.9. The Morgan fingerprint density at radius 3 is 2.90 bits per heavy atom. The molecule has 0 aliphatic heterocycles. The van der Waals surface area contributed by atoms with Crippen LogP contribution in [0.2, 0.25) is 0 Å². The van der Waals surface area contributed by atoms with Crippen molar-refractivity contribution in [1.82, 2.24) is 24.5 Å². The van der Waals surface area contributed by atoms with Gasteiger partial charge in [-0.15, -0.1) is 0 Å². The van der Waals surface area contributed by atoms with Crippen molar-refractivity contribution in [1.29, 1.82) is 0 Å². The van der Waals surface area contributed by atoms with Crippen LogP contribution in [0.25, 0.3) is 11.2 Å². The van der Waals surface area contributed by atoms with E-state index in [4.69, 9.17) is 17.0 Å². The molecule has 0 saturated carbocycles. The fourth-order valence-electron chi connectivity index (χ4n) is 2.03. The average Bonchev–Trinajstić information content (AvgIpc) is 2.74. The Balaban J connectivity index is 2.10. The highest BCUT2D eigenvalue weighted by atomic mass is 32.1. The van der Waals surface area contributed by atoms with E-state index < -0.39 is 0 Å². The highest BCUT2D eigenvalue weighted by Crippen LogP contribution is 2.17. The lowest BCUT2D eigenvalue weighted by Crippen LogP contribution is -2.04. The van der Waals surface area contributed by atoms with Crippen molar-refractivity contribution in [2.75, 3.05) is 7.11 Å². The van der Waals surface area contributed by atoms with E-state index in [0.717, 1.165) is 22.7 Å². The van der Waals surface area contributed by atoms with Crippen LogP contribution in [0.4, 0.5) is 0 Å². The molecule has 3 rings (SSSR count). The minimum Gasteiger partial charge on any atom is -0.481 e. The van der Waals surface area contributed by atoms with Gasteiger partial charge in [-0.05, 0) is 31.3 Å². The second kappa shape index (κ2) is 5.01. The Morgan fingerprint density at radius 1 is 1.30 bits per heavy atom. The number of nitrogens with one attached hydrogen (secondary N) is 1. The fourth-order valence-corrected chi connectivity index (χ4v) is 2.29. The zero-order chi connectivity index (χ0) is 14.1. The number of nitrogens with zero attached hydrogens (tertiary/aromatic N) is 4. The lowest BCUT2D eigenvalue weighted by Gasteiger charge is -2.05. The number of H-pyrrole nitrogens is 1. The zero-order valence-corrected chi connectivity index (χ0v) is 11.9. The molecule has 0 fully saturated rings. The predicted molar refractivity (Wildman–Crippen MR) is 77.3 cm³/mol. The van der Waals surface area contributed by atoms with Crippen molar-refractivity contribution >= 4 is 23.4 Å².